The van der Waals surface area contributed by atoms with E-state index in [-0.39, 0.29) is 12.4 Å². The number of rotatable bonds is 4. The van der Waals surface area contributed by atoms with E-state index in [2.05, 4.69) is 11.8 Å². The fourth-order valence-corrected chi connectivity index (χ4v) is 2.07. The summed E-state index contributed by atoms with van der Waals surface area (Å²) in [6, 6.07) is 13.1. The highest BCUT2D eigenvalue weighted by Crippen LogP contribution is 2.32. The first kappa shape index (κ1) is 17.3. The Bertz CT molecular complexity index is 796. The molecule has 0 aromatic heterocycles. The van der Waals surface area contributed by atoms with Crippen molar-refractivity contribution < 1.29 is 19.4 Å². The SMILES string of the molecule is COc1cc(CO)cc(C#C/C=C/c2ccccc2)c1OC(C)=O. The van der Waals surface area contributed by atoms with E-state index in [4.69, 9.17) is 9.47 Å². The Kier molecular flexibility index (Phi) is 6.18. The lowest BCUT2D eigenvalue weighted by Crippen LogP contribution is -2.05. The van der Waals surface area contributed by atoms with Gasteiger partial charge in [-0.05, 0) is 35.4 Å². The van der Waals surface area contributed by atoms with Crippen molar-refractivity contribution in [1.82, 2.24) is 0 Å². The van der Waals surface area contributed by atoms with Crippen molar-refractivity contribution in [3.63, 3.8) is 0 Å². The predicted molar refractivity (Wildman–Crippen MR) is 92.6 cm³/mol. The van der Waals surface area contributed by atoms with Gasteiger partial charge >= 0.3 is 5.97 Å². The van der Waals surface area contributed by atoms with Crippen LogP contribution in [0.5, 0.6) is 11.5 Å². The number of hydrogen-bond acceptors (Lipinski definition) is 4. The Labute approximate surface area is 141 Å². The van der Waals surface area contributed by atoms with Gasteiger partial charge in [-0.25, -0.2) is 0 Å². The third-order valence-corrected chi connectivity index (χ3v) is 3.13. The van der Waals surface area contributed by atoms with E-state index >= 15 is 0 Å². The van der Waals surface area contributed by atoms with Crippen molar-refractivity contribution in [3.05, 3.63) is 65.2 Å². The van der Waals surface area contributed by atoms with Gasteiger partial charge in [-0.15, -0.1) is 0 Å². The van der Waals surface area contributed by atoms with Crippen LogP contribution < -0.4 is 9.47 Å². The van der Waals surface area contributed by atoms with Crippen LogP contribution in [0.15, 0.2) is 48.5 Å². The summed E-state index contributed by atoms with van der Waals surface area (Å²) < 4.78 is 10.4. The number of aliphatic hydroxyl groups excluding tert-OH is 1. The largest absolute Gasteiger partial charge is 0.493 e. The number of aliphatic hydroxyl groups is 1. The first-order valence-corrected chi connectivity index (χ1v) is 7.37. The number of allylic oxidation sites excluding steroid dienone is 1. The van der Waals surface area contributed by atoms with E-state index in [1.54, 1.807) is 18.2 Å². The molecule has 0 unspecified atom stereocenters. The fourth-order valence-electron chi connectivity index (χ4n) is 2.07. The molecule has 0 aliphatic rings. The monoisotopic (exact) mass is 322 g/mol. The molecular formula is C20H18O4. The van der Waals surface area contributed by atoms with Gasteiger partial charge in [0.2, 0.25) is 0 Å². The van der Waals surface area contributed by atoms with Gasteiger partial charge in [-0.1, -0.05) is 42.2 Å². The highest BCUT2D eigenvalue weighted by atomic mass is 16.6. The standard InChI is InChI=1S/C20H18O4/c1-15(22)24-20-18(12-17(14-21)13-19(20)23-2)11-7-6-10-16-8-4-3-5-9-16/h3-6,8-10,12-13,21H,14H2,1-2H3/b10-6+. The number of esters is 1. The van der Waals surface area contributed by atoms with Crippen LogP contribution in [0.1, 0.15) is 23.6 Å². The van der Waals surface area contributed by atoms with Crippen molar-refractivity contribution in [2.24, 2.45) is 0 Å². The molecule has 0 spiro atoms. The van der Waals surface area contributed by atoms with Gasteiger partial charge < -0.3 is 14.6 Å². The molecule has 0 amide bonds. The van der Waals surface area contributed by atoms with E-state index in [0.29, 0.717) is 16.9 Å². The van der Waals surface area contributed by atoms with Gasteiger partial charge in [0, 0.05) is 6.92 Å². The molecule has 0 radical (unpaired) electrons. The van der Waals surface area contributed by atoms with Gasteiger partial charge in [0.15, 0.2) is 11.5 Å². The maximum absolute atomic E-state index is 11.3. The zero-order valence-corrected chi connectivity index (χ0v) is 13.6. The molecule has 122 valence electrons. The zero-order chi connectivity index (χ0) is 17.4. The van der Waals surface area contributed by atoms with Gasteiger partial charge in [0.05, 0.1) is 19.3 Å². The number of carbonyl (C=O) groups excluding carboxylic acids is 1. The molecule has 0 heterocycles. The summed E-state index contributed by atoms with van der Waals surface area (Å²) in [4.78, 5) is 11.3. The molecule has 0 saturated carbocycles. The molecule has 0 atom stereocenters. The molecule has 0 fully saturated rings. The molecule has 2 aromatic carbocycles. The Morgan fingerprint density at radius 2 is 2.00 bits per heavy atom. The second-order valence-electron chi connectivity index (χ2n) is 4.94. The molecule has 2 aromatic rings. The minimum Gasteiger partial charge on any atom is -0.493 e. The molecule has 0 aliphatic heterocycles. The van der Waals surface area contributed by atoms with Crippen molar-refractivity contribution >= 4 is 12.0 Å². The number of methoxy groups -OCH3 is 1. The van der Waals surface area contributed by atoms with Crippen LogP contribution in [0.4, 0.5) is 0 Å². The highest BCUT2D eigenvalue weighted by Gasteiger charge is 2.13. The summed E-state index contributed by atoms with van der Waals surface area (Å²) in [6.07, 6.45) is 3.59. The molecule has 4 heteroatoms. The third kappa shape index (κ3) is 4.73. The lowest BCUT2D eigenvalue weighted by Gasteiger charge is -2.11. The van der Waals surface area contributed by atoms with E-state index in [0.717, 1.165) is 5.56 Å². The van der Waals surface area contributed by atoms with Crippen LogP contribution in [0.2, 0.25) is 0 Å². The smallest absolute Gasteiger partial charge is 0.308 e. The van der Waals surface area contributed by atoms with Crippen molar-refractivity contribution in [1.29, 1.82) is 0 Å². The second-order valence-corrected chi connectivity index (χ2v) is 4.94. The lowest BCUT2D eigenvalue weighted by molar-refractivity contribution is -0.132. The topological polar surface area (TPSA) is 55.8 Å². The van der Waals surface area contributed by atoms with Crippen LogP contribution in [0.25, 0.3) is 6.08 Å². The average Bonchev–Trinajstić information content (AvgIpc) is 2.60. The van der Waals surface area contributed by atoms with Crippen LogP contribution >= 0.6 is 0 Å². The molecule has 0 bridgehead atoms. The van der Waals surface area contributed by atoms with Gasteiger partial charge in [0.1, 0.15) is 0 Å². The molecule has 0 aliphatic carbocycles. The first-order valence-electron chi connectivity index (χ1n) is 7.37. The molecule has 24 heavy (non-hydrogen) atoms. The predicted octanol–water partition coefficient (Wildman–Crippen LogP) is 3.18. The summed E-state index contributed by atoms with van der Waals surface area (Å²) in [7, 11) is 1.47. The van der Waals surface area contributed by atoms with E-state index in [1.807, 2.05) is 36.4 Å². The third-order valence-electron chi connectivity index (χ3n) is 3.13. The highest BCUT2D eigenvalue weighted by molar-refractivity contribution is 5.72. The Morgan fingerprint density at radius 3 is 2.62 bits per heavy atom. The number of ether oxygens (including phenoxy) is 2. The van der Waals surface area contributed by atoms with Crippen LogP contribution in [-0.2, 0) is 11.4 Å². The molecule has 1 N–H and O–H groups in total. The Morgan fingerprint density at radius 1 is 1.25 bits per heavy atom. The minimum absolute atomic E-state index is 0.161. The van der Waals surface area contributed by atoms with Crippen LogP contribution in [0.3, 0.4) is 0 Å². The van der Waals surface area contributed by atoms with Crippen LogP contribution in [0, 0.1) is 11.8 Å². The van der Waals surface area contributed by atoms with Crippen molar-refractivity contribution in [2.45, 2.75) is 13.5 Å². The molecule has 2 rings (SSSR count). The van der Waals surface area contributed by atoms with E-state index in [1.165, 1.54) is 14.0 Å². The minimum atomic E-state index is -0.465. The Balaban J connectivity index is 2.36. The van der Waals surface area contributed by atoms with E-state index < -0.39 is 5.97 Å². The van der Waals surface area contributed by atoms with Gasteiger partial charge in [0.25, 0.3) is 0 Å². The summed E-state index contributed by atoms with van der Waals surface area (Å²) in [5.74, 6) is 5.98. The molecule has 4 nitrogen and oxygen atoms in total. The average molecular weight is 322 g/mol. The summed E-state index contributed by atoms with van der Waals surface area (Å²) in [5, 5.41) is 9.35. The lowest BCUT2D eigenvalue weighted by atomic mass is 10.1. The van der Waals surface area contributed by atoms with E-state index in [9.17, 15) is 9.90 Å². The maximum atomic E-state index is 11.3. The van der Waals surface area contributed by atoms with Gasteiger partial charge in [-0.3, -0.25) is 4.79 Å². The van der Waals surface area contributed by atoms with Crippen LogP contribution in [-0.4, -0.2) is 18.2 Å². The van der Waals surface area contributed by atoms with Crippen molar-refractivity contribution in [3.8, 4) is 23.3 Å². The molecular weight excluding hydrogens is 304 g/mol. The maximum Gasteiger partial charge on any atom is 0.308 e. The summed E-state index contributed by atoms with van der Waals surface area (Å²) >= 11 is 0. The van der Waals surface area contributed by atoms with Crippen molar-refractivity contribution in [2.75, 3.05) is 7.11 Å². The summed E-state index contributed by atoms with van der Waals surface area (Å²) in [5.41, 5.74) is 2.14. The fraction of sp³-hybridized carbons (Fsp3) is 0.150. The second kappa shape index (κ2) is 8.56. The Hall–Kier alpha value is -3.03. The number of carbonyl (C=O) groups is 1. The zero-order valence-electron chi connectivity index (χ0n) is 13.6. The normalized spacial score (nSPS) is 10.1. The van der Waals surface area contributed by atoms with Gasteiger partial charge in [-0.2, -0.15) is 0 Å². The quantitative estimate of drug-likeness (QED) is 0.534. The summed E-state index contributed by atoms with van der Waals surface area (Å²) in [6.45, 7) is 1.15. The first-order chi connectivity index (χ1) is 11.6. The molecule has 0 saturated heterocycles. The number of benzene rings is 2. The number of hydrogen-bond donors (Lipinski definition) is 1.